The lowest BCUT2D eigenvalue weighted by atomic mass is 10.1. The predicted molar refractivity (Wildman–Crippen MR) is 78.6 cm³/mol. The number of halogens is 2. The Balaban J connectivity index is 1.78. The number of likely N-dealkylation sites (tertiary alicyclic amines) is 1. The lowest BCUT2D eigenvalue weighted by molar-refractivity contribution is 0.00990. The number of aliphatic hydroxyl groups is 1. The summed E-state index contributed by atoms with van der Waals surface area (Å²) in [4.78, 5) is 2.00. The van der Waals surface area contributed by atoms with E-state index in [2.05, 4.69) is 0 Å². The van der Waals surface area contributed by atoms with E-state index in [-0.39, 0.29) is 18.2 Å². The molecule has 0 bridgehead atoms. The molecule has 1 N–H and O–H groups in total. The maximum atomic E-state index is 13.6. The molecule has 0 spiro atoms. The summed E-state index contributed by atoms with van der Waals surface area (Å²) in [5.41, 5.74) is 0.000661. The number of rotatable bonds is 8. The second-order valence-corrected chi connectivity index (χ2v) is 5.42. The highest BCUT2D eigenvalue weighted by Gasteiger charge is 2.26. The lowest BCUT2D eigenvalue weighted by Gasteiger charge is -2.20. The number of hydrogen-bond acceptors (Lipinski definition) is 4. The van der Waals surface area contributed by atoms with Crippen molar-refractivity contribution in [1.82, 2.24) is 4.90 Å². The van der Waals surface area contributed by atoms with Crippen LogP contribution in [0.25, 0.3) is 0 Å². The summed E-state index contributed by atoms with van der Waals surface area (Å²) < 4.78 is 37.7. The summed E-state index contributed by atoms with van der Waals surface area (Å²) in [7, 11) is 0. The molecule has 2 atom stereocenters. The fourth-order valence-corrected chi connectivity index (χ4v) is 2.63. The maximum absolute atomic E-state index is 13.6. The molecule has 4 nitrogen and oxygen atoms in total. The Hall–Kier alpha value is -1.08. The number of nitrogens with zero attached hydrogens (tertiary/aromatic N) is 1. The van der Waals surface area contributed by atoms with Crippen LogP contribution < -0.4 is 0 Å². The first-order valence-corrected chi connectivity index (χ1v) is 7.65. The van der Waals surface area contributed by atoms with Gasteiger partial charge in [0.1, 0.15) is 11.6 Å². The summed E-state index contributed by atoms with van der Waals surface area (Å²) in [5.74, 6) is -1.13. The minimum Gasteiger partial charge on any atom is -0.387 e. The first-order chi connectivity index (χ1) is 10.6. The average molecular weight is 315 g/mol. The minimum absolute atomic E-state index is 0.000661. The molecule has 22 heavy (non-hydrogen) atoms. The predicted octanol–water partition coefficient (Wildman–Crippen LogP) is 2.13. The Kier molecular flexibility index (Phi) is 6.70. The molecular formula is C16H23F2NO3. The van der Waals surface area contributed by atoms with Crippen molar-refractivity contribution in [3.8, 4) is 0 Å². The van der Waals surface area contributed by atoms with Crippen LogP contribution in [-0.4, -0.2) is 55.6 Å². The SMILES string of the molecule is CCOCCO[C@H]1CCN(CC(O)c2cc(F)ccc2F)C1. The van der Waals surface area contributed by atoms with Crippen molar-refractivity contribution in [1.29, 1.82) is 0 Å². The maximum Gasteiger partial charge on any atom is 0.129 e. The standard InChI is InChI=1S/C16H23F2NO3/c1-2-21-7-8-22-13-5-6-19(10-13)11-16(20)14-9-12(17)3-4-15(14)18/h3-4,9,13,16,20H,2,5-8,10-11H2,1H3/t13-,16?/m0/s1. The topological polar surface area (TPSA) is 41.9 Å². The Labute approximate surface area is 129 Å². The molecule has 1 saturated heterocycles. The van der Waals surface area contributed by atoms with Crippen molar-refractivity contribution >= 4 is 0 Å². The third-order valence-electron chi connectivity index (χ3n) is 3.76. The first kappa shape index (κ1) is 17.3. The van der Waals surface area contributed by atoms with Gasteiger partial charge >= 0.3 is 0 Å². The van der Waals surface area contributed by atoms with Crippen molar-refractivity contribution in [3.63, 3.8) is 0 Å². The molecule has 1 aromatic rings. The molecule has 124 valence electrons. The van der Waals surface area contributed by atoms with Crippen LogP contribution in [0.15, 0.2) is 18.2 Å². The van der Waals surface area contributed by atoms with Crippen LogP contribution in [0, 0.1) is 11.6 Å². The van der Waals surface area contributed by atoms with E-state index in [4.69, 9.17) is 9.47 Å². The van der Waals surface area contributed by atoms with E-state index in [0.29, 0.717) is 26.4 Å². The second-order valence-electron chi connectivity index (χ2n) is 5.42. The lowest BCUT2D eigenvalue weighted by Crippen LogP contribution is -2.29. The van der Waals surface area contributed by atoms with Crippen molar-refractivity contribution in [3.05, 3.63) is 35.4 Å². The summed E-state index contributed by atoms with van der Waals surface area (Å²) in [6.07, 6.45) is -0.0762. The number of aliphatic hydroxyl groups excluding tert-OH is 1. The van der Waals surface area contributed by atoms with Gasteiger partial charge < -0.3 is 14.6 Å². The molecule has 1 aliphatic rings. The molecule has 0 amide bonds. The molecule has 0 aromatic heterocycles. The number of hydrogen-bond donors (Lipinski definition) is 1. The molecule has 0 radical (unpaired) electrons. The average Bonchev–Trinajstić information content (AvgIpc) is 2.93. The van der Waals surface area contributed by atoms with Crippen LogP contribution in [0.4, 0.5) is 8.78 Å². The molecule has 1 heterocycles. The number of ether oxygens (including phenoxy) is 2. The molecule has 0 aliphatic carbocycles. The van der Waals surface area contributed by atoms with Crippen LogP contribution in [0.3, 0.4) is 0 Å². The van der Waals surface area contributed by atoms with E-state index in [1.165, 1.54) is 0 Å². The Morgan fingerprint density at radius 2 is 2.18 bits per heavy atom. The molecule has 6 heteroatoms. The van der Waals surface area contributed by atoms with Gasteiger partial charge in [-0.2, -0.15) is 0 Å². The zero-order valence-corrected chi connectivity index (χ0v) is 12.8. The quantitative estimate of drug-likeness (QED) is 0.746. The monoisotopic (exact) mass is 315 g/mol. The third-order valence-corrected chi connectivity index (χ3v) is 3.76. The zero-order valence-electron chi connectivity index (χ0n) is 12.8. The third kappa shape index (κ3) is 4.98. The van der Waals surface area contributed by atoms with E-state index >= 15 is 0 Å². The summed E-state index contributed by atoms with van der Waals surface area (Å²) in [6, 6.07) is 3.13. The molecular weight excluding hydrogens is 292 g/mol. The Bertz CT molecular complexity index is 473. The molecule has 0 saturated carbocycles. The van der Waals surface area contributed by atoms with Crippen molar-refractivity contribution in [2.45, 2.75) is 25.6 Å². The normalized spacial score (nSPS) is 20.5. The highest BCUT2D eigenvalue weighted by atomic mass is 19.1. The smallest absolute Gasteiger partial charge is 0.129 e. The first-order valence-electron chi connectivity index (χ1n) is 7.65. The Morgan fingerprint density at radius 1 is 1.36 bits per heavy atom. The van der Waals surface area contributed by atoms with Gasteiger partial charge in [-0.25, -0.2) is 8.78 Å². The van der Waals surface area contributed by atoms with Gasteiger partial charge in [-0.15, -0.1) is 0 Å². The van der Waals surface area contributed by atoms with Crippen molar-refractivity contribution < 1.29 is 23.4 Å². The Morgan fingerprint density at radius 3 is 2.95 bits per heavy atom. The summed E-state index contributed by atoms with van der Waals surface area (Å²) in [6.45, 7) is 5.45. The van der Waals surface area contributed by atoms with Crippen LogP contribution in [0.1, 0.15) is 25.0 Å². The fraction of sp³-hybridized carbons (Fsp3) is 0.625. The van der Waals surface area contributed by atoms with Gasteiger partial charge in [-0.3, -0.25) is 4.90 Å². The van der Waals surface area contributed by atoms with Gasteiger partial charge in [0.05, 0.1) is 25.4 Å². The largest absolute Gasteiger partial charge is 0.387 e. The van der Waals surface area contributed by atoms with E-state index in [0.717, 1.165) is 31.2 Å². The van der Waals surface area contributed by atoms with Crippen molar-refractivity contribution in [2.24, 2.45) is 0 Å². The second kappa shape index (κ2) is 8.53. The summed E-state index contributed by atoms with van der Waals surface area (Å²) >= 11 is 0. The highest BCUT2D eigenvalue weighted by molar-refractivity contribution is 5.21. The van der Waals surface area contributed by atoms with Crippen LogP contribution in [0.5, 0.6) is 0 Å². The van der Waals surface area contributed by atoms with Crippen LogP contribution >= 0.6 is 0 Å². The molecule has 1 aliphatic heterocycles. The van der Waals surface area contributed by atoms with Gasteiger partial charge in [0.25, 0.3) is 0 Å². The fourth-order valence-electron chi connectivity index (χ4n) is 2.63. The minimum atomic E-state index is -1.04. The van der Waals surface area contributed by atoms with Gasteiger partial charge in [0, 0.05) is 31.8 Å². The number of β-amino-alcohol motifs (C(OH)–C–C–N with tert-alkyl or cyclic N) is 1. The highest BCUT2D eigenvalue weighted by Crippen LogP contribution is 2.22. The van der Waals surface area contributed by atoms with Gasteiger partial charge in [-0.1, -0.05) is 0 Å². The van der Waals surface area contributed by atoms with Crippen LogP contribution in [-0.2, 0) is 9.47 Å². The summed E-state index contributed by atoms with van der Waals surface area (Å²) in [5, 5.41) is 10.1. The van der Waals surface area contributed by atoms with Gasteiger partial charge in [-0.05, 0) is 31.5 Å². The molecule has 1 unspecified atom stereocenters. The molecule has 1 aromatic carbocycles. The molecule has 2 rings (SSSR count). The van der Waals surface area contributed by atoms with E-state index in [1.54, 1.807) is 0 Å². The number of benzene rings is 1. The van der Waals surface area contributed by atoms with E-state index < -0.39 is 17.7 Å². The van der Waals surface area contributed by atoms with Gasteiger partial charge in [0.15, 0.2) is 0 Å². The van der Waals surface area contributed by atoms with E-state index in [1.807, 2.05) is 11.8 Å². The van der Waals surface area contributed by atoms with E-state index in [9.17, 15) is 13.9 Å². The van der Waals surface area contributed by atoms with Gasteiger partial charge in [0.2, 0.25) is 0 Å². The van der Waals surface area contributed by atoms with Crippen LogP contribution in [0.2, 0.25) is 0 Å². The zero-order chi connectivity index (χ0) is 15.9. The molecule has 1 fully saturated rings. The van der Waals surface area contributed by atoms with Crippen molar-refractivity contribution in [2.75, 3.05) is 39.5 Å².